The highest BCUT2D eigenvalue weighted by atomic mass is 19.4. The van der Waals surface area contributed by atoms with Crippen LogP contribution in [0.5, 0.6) is 5.75 Å². The number of carbonyl (C=O) groups excluding carboxylic acids is 1. The molecule has 3 heterocycles. The molecule has 2 aromatic carbocycles. The molecule has 0 spiro atoms. The zero-order valence-corrected chi connectivity index (χ0v) is 23.3. The second kappa shape index (κ2) is 11.1. The van der Waals surface area contributed by atoms with Crippen LogP contribution in [-0.2, 0) is 6.18 Å². The van der Waals surface area contributed by atoms with Crippen molar-refractivity contribution in [2.24, 2.45) is 0 Å². The highest BCUT2D eigenvalue weighted by molar-refractivity contribution is 6.00. The molecule has 5 rings (SSSR count). The molecular formula is C30H32F3N5O3. The van der Waals surface area contributed by atoms with Gasteiger partial charge in [-0.15, -0.1) is 0 Å². The van der Waals surface area contributed by atoms with Gasteiger partial charge in [0.15, 0.2) is 11.3 Å². The summed E-state index contributed by atoms with van der Waals surface area (Å²) in [4.78, 5) is 22.1. The van der Waals surface area contributed by atoms with Crippen LogP contribution in [0.15, 0.2) is 54.7 Å². The van der Waals surface area contributed by atoms with Gasteiger partial charge in [-0.25, -0.2) is 9.50 Å². The molecule has 11 heteroatoms. The third-order valence-electron chi connectivity index (χ3n) is 7.71. The van der Waals surface area contributed by atoms with Crippen LogP contribution >= 0.6 is 0 Å². The van der Waals surface area contributed by atoms with Gasteiger partial charge in [0.25, 0.3) is 5.91 Å². The molecule has 1 aliphatic rings. The number of aliphatic hydroxyl groups is 1. The molecule has 1 fully saturated rings. The molecule has 216 valence electrons. The third-order valence-corrected chi connectivity index (χ3v) is 7.71. The lowest BCUT2D eigenvalue weighted by atomic mass is 10.0. The number of piperazine rings is 1. The predicted molar refractivity (Wildman–Crippen MR) is 148 cm³/mol. The molecule has 0 aliphatic carbocycles. The van der Waals surface area contributed by atoms with E-state index in [1.165, 1.54) is 20.2 Å². The molecule has 1 amide bonds. The van der Waals surface area contributed by atoms with Crippen molar-refractivity contribution in [2.75, 3.05) is 33.4 Å². The number of aliphatic hydroxyl groups excluding tert-OH is 1. The summed E-state index contributed by atoms with van der Waals surface area (Å²) in [6.07, 6.45) is -3.56. The molecule has 2 aromatic heterocycles. The minimum absolute atomic E-state index is 0.00274. The fourth-order valence-corrected chi connectivity index (χ4v) is 5.62. The molecule has 0 unspecified atom stereocenters. The number of aryl methyl sites for hydroxylation is 1. The second-order valence-electron chi connectivity index (χ2n) is 10.4. The number of rotatable bonds is 6. The highest BCUT2D eigenvalue weighted by Gasteiger charge is 2.39. The maximum atomic E-state index is 14.3. The molecule has 1 aliphatic heterocycles. The van der Waals surface area contributed by atoms with Crippen molar-refractivity contribution in [3.8, 4) is 17.0 Å². The number of benzene rings is 2. The molecule has 1 saturated heterocycles. The molecule has 41 heavy (non-hydrogen) atoms. The van der Waals surface area contributed by atoms with Gasteiger partial charge in [-0.3, -0.25) is 9.69 Å². The maximum Gasteiger partial charge on any atom is 0.433 e. The number of aromatic nitrogens is 3. The average molecular weight is 568 g/mol. The van der Waals surface area contributed by atoms with Crippen LogP contribution in [0.25, 0.3) is 16.9 Å². The van der Waals surface area contributed by atoms with E-state index < -0.39 is 17.8 Å². The Morgan fingerprint density at radius 1 is 1.15 bits per heavy atom. The number of fused-ring (bicyclic) bond motifs is 1. The predicted octanol–water partition coefficient (Wildman–Crippen LogP) is 4.92. The normalized spacial score (nSPS) is 17.2. The van der Waals surface area contributed by atoms with Crippen LogP contribution in [-0.4, -0.2) is 74.8 Å². The Kier molecular flexibility index (Phi) is 7.76. The first kappa shape index (κ1) is 28.6. The third kappa shape index (κ3) is 5.39. The number of alkyl halides is 3. The van der Waals surface area contributed by atoms with Gasteiger partial charge in [0.2, 0.25) is 0 Å². The first-order valence-electron chi connectivity index (χ1n) is 13.4. The number of ether oxygens (including phenoxy) is 1. The van der Waals surface area contributed by atoms with Gasteiger partial charge in [0.1, 0.15) is 11.3 Å². The van der Waals surface area contributed by atoms with Crippen LogP contribution in [0.4, 0.5) is 13.2 Å². The topological polar surface area (TPSA) is 83.2 Å². The van der Waals surface area contributed by atoms with Crippen LogP contribution in [0.2, 0.25) is 0 Å². The maximum absolute atomic E-state index is 14.3. The molecule has 2 atom stereocenters. The number of carbonyl (C=O) groups is 1. The van der Waals surface area contributed by atoms with E-state index in [1.807, 2.05) is 38.1 Å². The van der Waals surface area contributed by atoms with Gasteiger partial charge in [0, 0.05) is 36.8 Å². The number of hydrogen-bond acceptors (Lipinski definition) is 6. The number of nitrogens with zero attached hydrogens (tertiary/aromatic N) is 5. The van der Waals surface area contributed by atoms with E-state index in [0.717, 1.165) is 15.6 Å². The number of halogens is 3. The van der Waals surface area contributed by atoms with Crippen LogP contribution < -0.4 is 4.74 Å². The molecule has 0 bridgehead atoms. The van der Waals surface area contributed by atoms with Gasteiger partial charge in [-0.1, -0.05) is 29.8 Å². The lowest BCUT2D eigenvalue weighted by Gasteiger charge is -2.43. The summed E-state index contributed by atoms with van der Waals surface area (Å²) < 4.78 is 48.8. The SMILES string of the molecule is COc1ccc(-c2nc3c(C(=O)N4CCN([C@H](CO)c5cccc(C)c5)C[C@H]4C)cnn3c(C(F)(F)F)c2C)cc1. The van der Waals surface area contributed by atoms with E-state index in [0.29, 0.717) is 30.9 Å². The van der Waals surface area contributed by atoms with Crippen molar-refractivity contribution in [2.45, 2.75) is 39.0 Å². The molecule has 0 saturated carbocycles. The summed E-state index contributed by atoms with van der Waals surface area (Å²) in [5.74, 6) is 0.121. The summed E-state index contributed by atoms with van der Waals surface area (Å²) in [5.41, 5.74) is 1.44. The standard InChI is InChI=1S/C30H32F3N5O3/c1-18-6-5-7-22(14-18)25(17-39)36-12-13-37(19(2)16-36)29(40)24-15-34-38-27(30(31,32)33)20(3)26(35-28(24)38)21-8-10-23(41-4)11-9-21/h5-11,14-15,19,25,39H,12-13,16-17H2,1-4H3/t19-,25-/m1/s1. The number of amides is 1. The van der Waals surface area contributed by atoms with E-state index in [1.54, 1.807) is 29.2 Å². The van der Waals surface area contributed by atoms with Crippen molar-refractivity contribution in [1.29, 1.82) is 0 Å². The summed E-state index contributed by atoms with van der Waals surface area (Å²) in [7, 11) is 1.50. The summed E-state index contributed by atoms with van der Waals surface area (Å²) in [5, 5.41) is 14.2. The largest absolute Gasteiger partial charge is 0.497 e. The van der Waals surface area contributed by atoms with Crippen molar-refractivity contribution in [1.82, 2.24) is 24.4 Å². The Morgan fingerprint density at radius 3 is 2.49 bits per heavy atom. The van der Waals surface area contributed by atoms with Gasteiger partial charge < -0.3 is 14.7 Å². The molecular weight excluding hydrogens is 535 g/mol. The van der Waals surface area contributed by atoms with E-state index >= 15 is 0 Å². The average Bonchev–Trinajstić information content (AvgIpc) is 3.35. The van der Waals surface area contributed by atoms with Gasteiger partial charge >= 0.3 is 6.18 Å². The quantitative estimate of drug-likeness (QED) is 0.356. The Balaban J connectivity index is 1.49. The first-order valence-corrected chi connectivity index (χ1v) is 13.4. The van der Waals surface area contributed by atoms with E-state index in [2.05, 4.69) is 15.0 Å². The Hall–Kier alpha value is -3.96. The number of hydrogen-bond donors (Lipinski definition) is 1. The van der Waals surface area contributed by atoms with E-state index in [-0.39, 0.29) is 41.2 Å². The number of methoxy groups -OCH3 is 1. The Bertz CT molecular complexity index is 1570. The summed E-state index contributed by atoms with van der Waals surface area (Å²) >= 11 is 0. The second-order valence-corrected chi connectivity index (χ2v) is 10.4. The minimum Gasteiger partial charge on any atom is -0.497 e. The van der Waals surface area contributed by atoms with E-state index in [9.17, 15) is 23.1 Å². The fourth-order valence-electron chi connectivity index (χ4n) is 5.62. The Morgan fingerprint density at radius 2 is 1.88 bits per heavy atom. The monoisotopic (exact) mass is 567 g/mol. The van der Waals surface area contributed by atoms with Crippen LogP contribution in [0, 0.1) is 13.8 Å². The van der Waals surface area contributed by atoms with Crippen molar-refractivity contribution < 1.29 is 27.8 Å². The lowest BCUT2D eigenvalue weighted by Crippen LogP contribution is -2.55. The first-order chi connectivity index (χ1) is 19.5. The van der Waals surface area contributed by atoms with Gasteiger partial charge in [-0.05, 0) is 50.6 Å². The molecule has 1 N–H and O–H groups in total. The zero-order valence-electron chi connectivity index (χ0n) is 23.3. The summed E-state index contributed by atoms with van der Waals surface area (Å²) in [6.45, 7) is 6.48. The minimum atomic E-state index is -4.73. The summed E-state index contributed by atoms with van der Waals surface area (Å²) in [6, 6.07) is 14.0. The lowest BCUT2D eigenvalue weighted by molar-refractivity contribution is -0.143. The van der Waals surface area contributed by atoms with Gasteiger partial charge in [-0.2, -0.15) is 18.3 Å². The highest BCUT2D eigenvalue weighted by Crippen LogP contribution is 2.37. The van der Waals surface area contributed by atoms with Crippen molar-refractivity contribution in [3.05, 3.63) is 82.7 Å². The van der Waals surface area contributed by atoms with Crippen molar-refractivity contribution >= 4 is 11.6 Å². The van der Waals surface area contributed by atoms with Gasteiger partial charge in [0.05, 0.1) is 31.6 Å². The van der Waals surface area contributed by atoms with Crippen molar-refractivity contribution in [3.63, 3.8) is 0 Å². The zero-order chi connectivity index (χ0) is 29.5. The molecule has 0 radical (unpaired) electrons. The molecule has 4 aromatic rings. The van der Waals surface area contributed by atoms with E-state index in [4.69, 9.17) is 4.74 Å². The smallest absolute Gasteiger partial charge is 0.433 e. The van der Waals surface area contributed by atoms with Crippen LogP contribution in [0.3, 0.4) is 0 Å². The Labute approximate surface area is 236 Å². The van der Waals surface area contributed by atoms with Crippen LogP contribution in [0.1, 0.15) is 45.7 Å². The molecule has 8 nitrogen and oxygen atoms in total. The fraction of sp³-hybridized carbons (Fsp3) is 0.367.